The van der Waals surface area contributed by atoms with Gasteiger partial charge in [-0.3, -0.25) is 0 Å². The zero-order chi connectivity index (χ0) is 7.40. The van der Waals surface area contributed by atoms with Crippen molar-refractivity contribution >= 4 is 28.8 Å². The summed E-state index contributed by atoms with van der Waals surface area (Å²) in [4.78, 5) is 0. The molecule has 1 atom stereocenters. The zero-order valence-electron chi connectivity index (χ0n) is 6.55. The Morgan fingerprint density at radius 2 is 1.90 bits per heavy atom. The first-order valence-electron chi connectivity index (χ1n) is 3.96. The van der Waals surface area contributed by atoms with Gasteiger partial charge in [-0.25, -0.2) is 0 Å². The minimum atomic E-state index is -0.981. The first-order valence-corrected chi connectivity index (χ1v) is 14.0. The maximum atomic E-state index is 5.74. The van der Waals surface area contributed by atoms with Crippen LogP contribution >= 0.6 is 8.52 Å². The molecule has 1 rings (SSSR count). The summed E-state index contributed by atoms with van der Waals surface area (Å²) < 4.78 is 3.20. The summed E-state index contributed by atoms with van der Waals surface area (Å²) in [5.41, 5.74) is 5.74. The molecule has 1 saturated heterocycles. The molecular formula is C7H16BiNS. The zero-order valence-corrected chi connectivity index (χ0v) is 10.8. The molecule has 1 nitrogen and oxygen atoms in total. The van der Waals surface area contributed by atoms with Gasteiger partial charge in [0.2, 0.25) is 0 Å². The van der Waals surface area contributed by atoms with Crippen LogP contribution in [0.5, 0.6) is 0 Å². The monoisotopic (exact) mass is 355 g/mol. The van der Waals surface area contributed by atoms with Crippen LogP contribution in [0, 0.1) is 0 Å². The third-order valence-electron chi connectivity index (χ3n) is 1.63. The van der Waals surface area contributed by atoms with Gasteiger partial charge in [-0.2, -0.15) is 0 Å². The van der Waals surface area contributed by atoms with Gasteiger partial charge in [0, 0.05) is 0 Å². The molecular weight excluding hydrogens is 339 g/mol. The van der Waals surface area contributed by atoms with Crippen molar-refractivity contribution < 1.29 is 0 Å². The fourth-order valence-electron chi connectivity index (χ4n) is 1.21. The predicted molar refractivity (Wildman–Crippen MR) is 50.5 cm³/mol. The van der Waals surface area contributed by atoms with Crippen molar-refractivity contribution in [2.45, 2.75) is 39.8 Å². The van der Waals surface area contributed by atoms with Crippen LogP contribution in [0.2, 0.25) is 8.26 Å². The Kier molecular flexibility index (Phi) is 4.59. The van der Waals surface area contributed by atoms with Crippen molar-refractivity contribution in [2.24, 2.45) is 5.73 Å². The third-order valence-corrected chi connectivity index (χ3v) is 19.2. The molecule has 0 aromatic heterocycles. The maximum absolute atomic E-state index is 5.74. The topological polar surface area (TPSA) is 26.0 Å². The van der Waals surface area contributed by atoms with E-state index < -0.39 is 20.3 Å². The number of hydrogen-bond donors (Lipinski definition) is 1. The van der Waals surface area contributed by atoms with Gasteiger partial charge >= 0.3 is 74.4 Å². The van der Waals surface area contributed by atoms with Gasteiger partial charge in [-0.05, 0) is 0 Å². The summed E-state index contributed by atoms with van der Waals surface area (Å²) in [5.74, 6) is 0. The number of rotatable bonds is 2. The van der Waals surface area contributed by atoms with Gasteiger partial charge in [-0.15, -0.1) is 0 Å². The van der Waals surface area contributed by atoms with Gasteiger partial charge in [-0.1, -0.05) is 0 Å². The van der Waals surface area contributed by atoms with E-state index in [0.29, 0.717) is 5.37 Å². The first kappa shape index (κ1) is 9.28. The van der Waals surface area contributed by atoms with Crippen LogP contribution in [0.3, 0.4) is 0 Å². The van der Waals surface area contributed by atoms with Crippen LogP contribution in [0.25, 0.3) is 0 Å². The molecule has 0 radical (unpaired) electrons. The van der Waals surface area contributed by atoms with Crippen LogP contribution in [-0.2, 0) is 0 Å². The average molecular weight is 355 g/mol. The van der Waals surface area contributed by atoms with Crippen molar-refractivity contribution in [1.82, 2.24) is 0 Å². The van der Waals surface area contributed by atoms with Gasteiger partial charge in [0.25, 0.3) is 0 Å². The molecule has 0 saturated carbocycles. The van der Waals surface area contributed by atoms with Crippen LogP contribution in [0.1, 0.15) is 26.2 Å². The molecule has 1 aliphatic rings. The normalized spacial score (nSPS) is 24.6. The van der Waals surface area contributed by atoms with Gasteiger partial charge in [0.1, 0.15) is 0 Å². The fourth-order valence-corrected chi connectivity index (χ4v) is 17.4. The van der Waals surface area contributed by atoms with E-state index in [9.17, 15) is 0 Å². The van der Waals surface area contributed by atoms with Crippen molar-refractivity contribution in [3.63, 3.8) is 0 Å². The van der Waals surface area contributed by atoms with Crippen molar-refractivity contribution in [1.29, 1.82) is 0 Å². The van der Waals surface area contributed by atoms with Crippen LogP contribution in [0.15, 0.2) is 0 Å². The summed E-state index contributed by atoms with van der Waals surface area (Å²) in [5, 5.41) is 0.427. The molecule has 1 fully saturated rings. The second-order valence-electron chi connectivity index (χ2n) is 2.80. The molecule has 0 bridgehead atoms. The van der Waals surface area contributed by atoms with E-state index in [-0.39, 0.29) is 0 Å². The number of nitrogens with two attached hydrogens (primary N) is 1. The van der Waals surface area contributed by atoms with E-state index in [0.717, 1.165) is 0 Å². The molecule has 0 aromatic rings. The second-order valence-corrected chi connectivity index (χ2v) is 18.0. The van der Waals surface area contributed by atoms with Crippen molar-refractivity contribution in [3.8, 4) is 0 Å². The molecule has 10 heavy (non-hydrogen) atoms. The molecule has 1 aliphatic heterocycles. The molecule has 0 aromatic carbocycles. The Balaban J connectivity index is 2.13. The standard InChI is InChI=1S/C5H10.C2H7NS.Bi/c1-3-5-4-2;1-2(3)4;/h1-5H2;2,4H,3H2,1H3;/q;;+1/p-1. The van der Waals surface area contributed by atoms with Crippen LogP contribution in [-0.4, -0.2) is 25.7 Å². The summed E-state index contributed by atoms with van der Waals surface area (Å²) in [6.07, 6.45) is 4.51. The summed E-state index contributed by atoms with van der Waals surface area (Å²) in [6.45, 7) is 2.13. The van der Waals surface area contributed by atoms with Crippen LogP contribution < -0.4 is 5.73 Å². The SMILES string of the molecule is CC(N)[S][Bi]1[CH2]CCC[CH2]1. The molecule has 60 valence electrons. The average Bonchev–Trinajstić information content (AvgIpc) is 1.88. The van der Waals surface area contributed by atoms with E-state index in [2.05, 4.69) is 15.4 Å². The van der Waals surface area contributed by atoms with E-state index in [4.69, 9.17) is 5.73 Å². The quantitative estimate of drug-likeness (QED) is 0.607. The van der Waals surface area contributed by atoms with Crippen LogP contribution in [0.4, 0.5) is 0 Å². The Bertz CT molecular complexity index is 91.6. The summed E-state index contributed by atoms with van der Waals surface area (Å²) >= 11 is -0.981. The summed E-state index contributed by atoms with van der Waals surface area (Å²) in [7, 11) is 2.16. The third kappa shape index (κ3) is 3.55. The second kappa shape index (κ2) is 4.95. The van der Waals surface area contributed by atoms with E-state index in [1.165, 1.54) is 19.3 Å². The molecule has 2 N–H and O–H groups in total. The van der Waals surface area contributed by atoms with E-state index in [1.54, 1.807) is 8.26 Å². The van der Waals surface area contributed by atoms with Gasteiger partial charge in [0.05, 0.1) is 0 Å². The van der Waals surface area contributed by atoms with Crippen molar-refractivity contribution in [3.05, 3.63) is 0 Å². The Labute approximate surface area is 74.1 Å². The summed E-state index contributed by atoms with van der Waals surface area (Å²) in [6, 6.07) is 0. The first-order chi connectivity index (χ1) is 4.79. The minimum absolute atomic E-state index is 0.427. The predicted octanol–water partition coefficient (Wildman–Crippen LogP) is 2.20. The Morgan fingerprint density at radius 3 is 2.40 bits per heavy atom. The van der Waals surface area contributed by atoms with E-state index >= 15 is 0 Å². The molecule has 1 unspecified atom stereocenters. The van der Waals surface area contributed by atoms with E-state index in [1.807, 2.05) is 0 Å². The molecule has 0 spiro atoms. The Morgan fingerprint density at radius 1 is 1.30 bits per heavy atom. The molecule has 0 aliphatic carbocycles. The van der Waals surface area contributed by atoms with Crippen molar-refractivity contribution in [2.75, 3.05) is 0 Å². The fraction of sp³-hybridized carbons (Fsp3) is 1.00. The molecule has 0 amide bonds. The Hall–Kier alpha value is 1.19. The van der Waals surface area contributed by atoms with Gasteiger partial charge in [0.15, 0.2) is 0 Å². The molecule has 3 heteroatoms. The molecule has 1 heterocycles. The number of hydrogen-bond acceptors (Lipinski definition) is 2. The van der Waals surface area contributed by atoms with Gasteiger partial charge < -0.3 is 0 Å².